The van der Waals surface area contributed by atoms with E-state index >= 15 is 0 Å². The molecule has 1 aliphatic heterocycles. The Kier molecular flexibility index (Phi) is 5.51. The molecule has 1 heterocycles. The Labute approximate surface area is 130 Å². The average molecular weight is 305 g/mol. The minimum absolute atomic E-state index is 0.192. The van der Waals surface area contributed by atoms with Crippen LogP contribution in [0.15, 0.2) is 24.3 Å². The second kappa shape index (κ2) is 7.38. The summed E-state index contributed by atoms with van der Waals surface area (Å²) in [6.07, 6.45) is 1.24. The second-order valence-electron chi connectivity index (χ2n) is 5.56. The summed E-state index contributed by atoms with van der Waals surface area (Å²) in [4.78, 5) is 25.5. The predicted molar refractivity (Wildman–Crippen MR) is 84.2 cm³/mol. The van der Waals surface area contributed by atoms with Gasteiger partial charge in [0, 0.05) is 19.3 Å². The van der Waals surface area contributed by atoms with Gasteiger partial charge in [0.05, 0.1) is 6.04 Å². The van der Waals surface area contributed by atoms with Crippen molar-refractivity contribution in [3.05, 3.63) is 29.8 Å². The Morgan fingerprint density at radius 2 is 2.18 bits per heavy atom. The highest BCUT2D eigenvalue weighted by molar-refractivity contribution is 5.94. The Morgan fingerprint density at radius 3 is 2.86 bits per heavy atom. The highest BCUT2D eigenvalue weighted by Crippen LogP contribution is 2.23. The molecule has 6 nitrogen and oxygen atoms in total. The van der Waals surface area contributed by atoms with Crippen LogP contribution in [0.4, 0.5) is 5.69 Å². The molecule has 3 N–H and O–H groups in total. The summed E-state index contributed by atoms with van der Waals surface area (Å²) in [7, 11) is 1.50. The maximum atomic E-state index is 12.0. The first-order chi connectivity index (χ1) is 10.5. The van der Waals surface area contributed by atoms with Gasteiger partial charge in [0.15, 0.2) is 0 Å². The largest absolute Gasteiger partial charge is 0.372 e. The molecule has 1 aromatic carbocycles. The van der Waals surface area contributed by atoms with E-state index in [9.17, 15) is 9.59 Å². The second-order valence-corrected chi connectivity index (χ2v) is 5.56. The Morgan fingerprint density at radius 1 is 1.45 bits per heavy atom. The number of methoxy groups -OCH3 is 1. The van der Waals surface area contributed by atoms with Crippen LogP contribution in [0.3, 0.4) is 0 Å². The molecule has 1 saturated heterocycles. The Bertz CT molecular complexity index is 547. The van der Waals surface area contributed by atoms with Crippen molar-refractivity contribution in [1.82, 2.24) is 4.90 Å². The molecule has 0 spiro atoms. The fourth-order valence-corrected chi connectivity index (χ4v) is 2.68. The van der Waals surface area contributed by atoms with E-state index in [0.717, 1.165) is 30.6 Å². The van der Waals surface area contributed by atoms with Gasteiger partial charge in [0.25, 0.3) is 5.91 Å². The van der Waals surface area contributed by atoms with Crippen molar-refractivity contribution in [2.45, 2.75) is 38.5 Å². The molecule has 2 rings (SSSR count). The number of carbonyl (C=O) groups is 2. The van der Waals surface area contributed by atoms with Crippen LogP contribution >= 0.6 is 0 Å². The zero-order chi connectivity index (χ0) is 16.1. The minimum atomic E-state index is -0.516. The lowest BCUT2D eigenvalue weighted by atomic mass is 10.1. The van der Waals surface area contributed by atoms with Gasteiger partial charge < -0.3 is 15.8 Å². The molecule has 0 saturated carbocycles. The molecule has 6 heteroatoms. The van der Waals surface area contributed by atoms with Gasteiger partial charge in [-0.3, -0.25) is 14.5 Å². The monoisotopic (exact) mass is 305 g/mol. The van der Waals surface area contributed by atoms with E-state index in [0.29, 0.717) is 6.54 Å². The zero-order valence-electron chi connectivity index (χ0n) is 13.0. The molecule has 1 aliphatic rings. The van der Waals surface area contributed by atoms with E-state index in [1.807, 2.05) is 24.3 Å². The molecule has 1 fully saturated rings. The quantitative estimate of drug-likeness (QED) is 0.824. The molecule has 0 aliphatic carbocycles. The highest BCUT2D eigenvalue weighted by atomic mass is 16.5. The molecular weight excluding hydrogens is 282 g/mol. The van der Waals surface area contributed by atoms with Crippen molar-refractivity contribution in [2.24, 2.45) is 5.73 Å². The van der Waals surface area contributed by atoms with E-state index in [4.69, 9.17) is 10.5 Å². The number of anilines is 1. The molecule has 0 aromatic heterocycles. The van der Waals surface area contributed by atoms with Crippen LogP contribution in [0.1, 0.15) is 25.3 Å². The lowest BCUT2D eigenvalue weighted by Crippen LogP contribution is -2.40. The molecule has 2 amide bonds. The molecule has 120 valence electrons. The summed E-state index contributed by atoms with van der Waals surface area (Å²) < 4.78 is 5.02. The van der Waals surface area contributed by atoms with Gasteiger partial charge >= 0.3 is 0 Å². The fraction of sp³-hybridized carbons (Fsp3) is 0.500. The van der Waals surface area contributed by atoms with Gasteiger partial charge in [-0.1, -0.05) is 18.2 Å². The number of nitrogens with two attached hydrogens (primary N) is 1. The van der Waals surface area contributed by atoms with Crippen LogP contribution in [0.5, 0.6) is 0 Å². The van der Waals surface area contributed by atoms with Crippen LogP contribution in [0.25, 0.3) is 0 Å². The first-order valence-electron chi connectivity index (χ1n) is 7.48. The summed E-state index contributed by atoms with van der Waals surface area (Å²) in [5, 5.41) is 2.87. The van der Waals surface area contributed by atoms with Crippen molar-refractivity contribution >= 4 is 17.5 Å². The Balaban J connectivity index is 2.11. The number of para-hydroxylation sites is 1. The van der Waals surface area contributed by atoms with Gasteiger partial charge in [-0.05, 0) is 37.9 Å². The molecule has 22 heavy (non-hydrogen) atoms. The number of nitrogens with zero attached hydrogens (tertiary/aromatic N) is 1. The van der Waals surface area contributed by atoms with Gasteiger partial charge in [-0.15, -0.1) is 0 Å². The summed E-state index contributed by atoms with van der Waals surface area (Å²) in [6.45, 7) is 3.12. The number of ether oxygens (including phenoxy) is 1. The summed E-state index contributed by atoms with van der Waals surface area (Å²) >= 11 is 0. The summed E-state index contributed by atoms with van der Waals surface area (Å²) in [5.41, 5.74) is 7.16. The van der Waals surface area contributed by atoms with E-state index in [2.05, 4.69) is 10.2 Å². The van der Waals surface area contributed by atoms with E-state index in [-0.39, 0.29) is 17.9 Å². The number of carbonyl (C=O) groups excluding carboxylic acids is 2. The van der Waals surface area contributed by atoms with Crippen LogP contribution < -0.4 is 11.1 Å². The first kappa shape index (κ1) is 16.5. The molecule has 2 unspecified atom stereocenters. The topological polar surface area (TPSA) is 84.7 Å². The first-order valence-corrected chi connectivity index (χ1v) is 7.48. The zero-order valence-corrected chi connectivity index (χ0v) is 13.0. The summed E-state index contributed by atoms with van der Waals surface area (Å²) in [6, 6.07) is 7.36. The smallest absolute Gasteiger partial charge is 0.253 e. The van der Waals surface area contributed by atoms with Crippen molar-refractivity contribution < 1.29 is 14.3 Å². The highest BCUT2D eigenvalue weighted by Gasteiger charge is 2.29. The lowest BCUT2D eigenvalue weighted by Gasteiger charge is -2.23. The van der Waals surface area contributed by atoms with Gasteiger partial charge in [0.2, 0.25) is 5.91 Å². The number of hydrogen-bond acceptors (Lipinski definition) is 4. The van der Waals surface area contributed by atoms with Crippen LogP contribution in [-0.4, -0.2) is 42.5 Å². The molecule has 1 aromatic rings. The van der Waals surface area contributed by atoms with Crippen LogP contribution in [0, 0.1) is 0 Å². The van der Waals surface area contributed by atoms with Crippen LogP contribution in [0.2, 0.25) is 0 Å². The number of amides is 2. The SMILES string of the molecule is COC(C)C(=O)Nc1ccccc1CN1CCCC1C(N)=O. The molecule has 0 radical (unpaired) electrons. The van der Waals surface area contributed by atoms with E-state index in [1.165, 1.54) is 7.11 Å². The number of primary amides is 1. The lowest BCUT2D eigenvalue weighted by molar-refractivity contribution is -0.125. The number of rotatable bonds is 6. The van der Waals surface area contributed by atoms with Crippen molar-refractivity contribution in [2.75, 3.05) is 19.0 Å². The third-order valence-electron chi connectivity index (χ3n) is 4.06. The van der Waals surface area contributed by atoms with Crippen LogP contribution in [-0.2, 0) is 20.9 Å². The average Bonchev–Trinajstić information content (AvgIpc) is 2.96. The van der Waals surface area contributed by atoms with Gasteiger partial charge in [0.1, 0.15) is 6.10 Å². The van der Waals surface area contributed by atoms with Crippen molar-refractivity contribution in [3.63, 3.8) is 0 Å². The minimum Gasteiger partial charge on any atom is -0.372 e. The number of likely N-dealkylation sites (tertiary alicyclic amines) is 1. The fourth-order valence-electron chi connectivity index (χ4n) is 2.68. The number of hydrogen-bond donors (Lipinski definition) is 2. The van der Waals surface area contributed by atoms with Crippen molar-refractivity contribution in [1.29, 1.82) is 0 Å². The van der Waals surface area contributed by atoms with Gasteiger partial charge in [-0.2, -0.15) is 0 Å². The van der Waals surface area contributed by atoms with Gasteiger partial charge in [-0.25, -0.2) is 0 Å². The third-order valence-corrected chi connectivity index (χ3v) is 4.06. The normalized spacial score (nSPS) is 19.8. The molecule has 2 atom stereocenters. The van der Waals surface area contributed by atoms with E-state index < -0.39 is 6.10 Å². The van der Waals surface area contributed by atoms with Crippen molar-refractivity contribution in [3.8, 4) is 0 Å². The van der Waals surface area contributed by atoms with E-state index in [1.54, 1.807) is 6.92 Å². The number of benzene rings is 1. The molecular formula is C16H23N3O3. The number of nitrogens with one attached hydrogen (secondary N) is 1. The standard InChI is InChI=1S/C16H23N3O3/c1-11(22-2)16(21)18-13-7-4-3-6-12(13)10-19-9-5-8-14(19)15(17)20/h3-4,6-7,11,14H,5,8-10H2,1-2H3,(H2,17,20)(H,18,21). The maximum Gasteiger partial charge on any atom is 0.253 e. The summed E-state index contributed by atoms with van der Waals surface area (Å²) in [5.74, 6) is -0.477. The third kappa shape index (κ3) is 3.84. The predicted octanol–water partition coefficient (Wildman–Crippen LogP) is 1.11. The molecule has 0 bridgehead atoms. The maximum absolute atomic E-state index is 12.0. The Hall–Kier alpha value is -1.92.